The molecule has 0 amide bonds. The number of carboxylic acids is 1. The molecule has 2 heterocycles. The van der Waals surface area contributed by atoms with Crippen LogP contribution < -0.4 is 5.69 Å². The number of hydrogen-bond donors (Lipinski definition) is 4. The maximum atomic E-state index is 12.5. The van der Waals surface area contributed by atoms with Crippen LogP contribution in [0.5, 0.6) is 5.88 Å². The minimum absolute atomic E-state index is 0.0419. The number of benzene rings is 1. The lowest BCUT2D eigenvalue weighted by Crippen LogP contribution is -2.27. The second-order valence-electron chi connectivity index (χ2n) is 6.87. The van der Waals surface area contributed by atoms with Crippen LogP contribution in [0.15, 0.2) is 35.3 Å². The Morgan fingerprint density at radius 1 is 1.25 bits per heavy atom. The minimum Gasteiger partial charge on any atom is -0.493 e. The van der Waals surface area contributed by atoms with E-state index >= 15 is 0 Å². The number of hydrogen-bond acceptors (Lipinski definition) is 4. The Bertz CT molecular complexity index is 1030. The summed E-state index contributed by atoms with van der Waals surface area (Å²) in [6.07, 6.45) is 1.56. The molecule has 0 radical (unpaired) electrons. The number of aromatic hydroxyl groups is 1. The zero-order valence-electron chi connectivity index (χ0n) is 15.4. The third-order valence-electron chi connectivity index (χ3n) is 4.50. The average Bonchev–Trinajstić information content (AvgIpc) is 3.21. The van der Waals surface area contributed by atoms with Crippen molar-refractivity contribution in [3.05, 3.63) is 56.0 Å². The maximum absolute atomic E-state index is 12.5. The van der Waals surface area contributed by atoms with Crippen LogP contribution in [0.25, 0.3) is 11.3 Å². The van der Waals surface area contributed by atoms with Gasteiger partial charge in [0.25, 0.3) is 0 Å². The zero-order valence-corrected chi connectivity index (χ0v) is 17.6. The van der Waals surface area contributed by atoms with E-state index in [0.29, 0.717) is 5.82 Å². The molecule has 0 fully saturated rings. The fraction of sp³-hybridized carbons (Fsp3) is 0.316. The molecule has 3 aromatic rings. The van der Waals surface area contributed by atoms with Crippen LogP contribution in [0.2, 0.25) is 0 Å². The summed E-state index contributed by atoms with van der Waals surface area (Å²) < 4.78 is 2.36. The van der Waals surface area contributed by atoms with Gasteiger partial charge in [0.1, 0.15) is 11.9 Å². The van der Waals surface area contributed by atoms with Gasteiger partial charge >= 0.3 is 11.7 Å². The standard InChI is InChI=1S/C19H21IN4O4/c1-10(2)16(24-18(27)13(23-19(24)28)7-8-15(25)26)17-21-9-14(22-17)11-3-5-12(20)6-4-11/h3-6,9-10,16,27H,7-8H2,1-2H3,(H,21,22)(H,23,28)(H,25,26). The SMILES string of the molecule is CC(C)C(c1ncc(-c2ccc(I)cc2)[nH]1)n1c(O)c(CCC(=O)O)[nH]c1=O. The van der Waals surface area contributed by atoms with Crippen molar-refractivity contribution in [3.8, 4) is 17.1 Å². The van der Waals surface area contributed by atoms with E-state index < -0.39 is 17.7 Å². The third kappa shape index (κ3) is 4.13. The first-order valence-electron chi connectivity index (χ1n) is 8.83. The highest BCUT2D eigenvalue weighted by Crippen LogP contribution is 2.30. The summed E-state index contributed by atoms with van der Waals surface area (Å²) in [7, 11) is 0. The first-order valence-corrected chi connectivity index (χ1v) is 9.90. The number of aliphatic carboxylic acids is 1. The van der Waals surface area contributed by atoms with Gasteiger partial charge in [0.15, 0.2) is 0 Å². The Kier molecular flexibility index (Phi) is 5.92. The van der Waals surface area contributed by atoms with Gasteiger partial charge in [0.05, 0.1) is 24.0 Å². The van der Waals surface area contributed by atoms with E-state index in [-0.39, 0.29) is 30.3 Å². The van der Waals surface area contributed by atoms with E-state index in [0.717, 1.165) is 14.8 Å². The van der Waals surface area contributed by atoms with Crippen LogP contribution in [0, 0.1) is 9.49 Å². The molecule has 0 saturated carbocycles. The van der Waals surface area contributed by atoms with E-state index in [1.54, 1.807) is 6.20 Å². The molecular formula is C19H21IN4O4. The summed E-state index contributed by atoms with van der Waals surface area (Å²) in [4.78, 5) is 33.6. The van der Waals surface area contributed by atoms with Crippen molar-refractivity contribution in [2.75, 3.05) is 0 Å². The Balaban J connectivity index is 1.98. The van der Waals surface area contributed by atoms with Crippen molar-refractivity contribution in [1.82, 2.24) is 19.5 Å². The lowest BCUT2D eigenvalue weighted by Gasteiger charge is -2.20. The number of imidazole rings is 2. The molecule has 28 heavy (non-hydrogen) atoms. The second-order valence-corrected chi connectivity index (χ2v) is 8.12. The van der Waals surface area contributed by atoms with Crippen molar-refractivity contribution in [2.45, 2.75) is 32.7 Å². The van der Waals surface area contributed by atoms with Gasteiger partial charge in [-0.15, -0.1) is 0 Å². The smallest absolute Gasteiger partial charge is 0.329 e. The number of halogens is 1. The molecule has 1 atom stereocenters. The number of rotatable bonds is 7. The van der Waals surface area contributed by atoms with Crippen molar-refractivity contribution >= 4 is 28.6 Å². The molecule has 8 nitrogen and oxygen atoms in total. The zero-order chi connectivity index (χ0) is 20.4. The van der Waals surface area contributed by atoms with E-state index in [2.05, 4.69) is 37.5 Å². The molecule has 9 heteroatoms. The molecule has 4 N–H and O–H groups in total. The predicted octanol–water partition coefficient (Wildman–Crippen LogP) is 3.14. The van der Waals surface area contributed by atoms with Crippen LogP contribution in [0.1, 0.15) is 37.8 Å². The van der Waals surface area contributed by atoms with Gasteiger partial charge < -0.3 is 20.2 Å². The number of carbonyl (C=O) groups is 1. The topological polar surface area (TPSA) is 124 Å². The molecule has 0 aliphatic heterocycles. The number of aromatic nitrogens is 4. The van der Waals surface area contributed by atoms with E-state index in [1.807, 2.05) is 38.1 Å². The predicted molar refractivity (Wildman–Crippen MR) is 112 cm³/mol. The summed E-state index contributed by atoms with van der Waals surface area (Å²) >= 11 is 2.24. The number of aryl methyl sites for hydroxylation is 1. The van der Waals surface area contributed by atoms with Crippen LogP contribution in [0.4, 0.5) is 0 Å². The summed E-state index contributed by atoms with van der Waals surface area (Å²) in [5.74, 6) is -0.758. The lowest BCUT2D eigenvalue weighted by molar-refractivity contribution is -0.136. The molecule has 1 aromatic carbocycles. The summed E-state index contributed by atoms with van der Waals surface area (Å²) in [6, 6.07) is 7.42. The normalized spacial score (nSPS) is 12.4. The highest BCUT2D eigenvalue weighted by atomic mass is 127. The molecule has 0 aliphatic carbocycles. The molecule has 0 spiro atoms. The molecule has 148 valence electrons. The first-order chi connectivity index (χ1) is 13.3. The van der Waals surface area contributed by atoms with Crippen molar-refractivity contribution in [3.63, 3.8) is 0 Å². The van der Waals surface area contributed by atoms with Gasteiger partial charge in [0, 0.05) is 9.99 Å². The van der Waals surface area contributed by atoms with Crippen molar-refractivity contribution in [2.24, 2.45) is 5.92 Å². The Labute approximate surface area is 174 Å². The third-order valence-corrected chi connectivity index (χ3v) is 5.22. The molecule has 0 aliphatic rings. The molecular weight excluding hydrogens is 475 g/mol. The van der Waals surface area contributed by atoms with Gasteiger partial charge in [-0.1, -0.05) is 26.0 Å². The van der Waals surface area contributed by atoms with Gasteiger partial charge in [-0.3, -0.25) is 9.36 Å². The number of carboxylic acid groups (broad SMARTS) is 1. The highest BCUT2D eigenvalue weighted by molar-refractivity contribution is 14.1. The van der Waals surface area contributed by atoms with Gasteiger partial charge in [-0.2, -0.15) is 0 Å². The van der Waals surface area contributed by atoms with E-state index in [1.165, 1.54) is 4.57 Å². The number of nitrogens with zero attached hydrogens (tertiary/aromatic N) is 2. The summed E-state index contributed by atoms with van der Waals surface area (Å²) in [5, 5.41) is 19.4. The maximum Gasteiger partial charge on any atom is 0.329 e. The summed E-state index contributed by atoms with van der Waals surface area (Å²) in [5.41, 5.74) is 1.49. The number of H-pyrrole nitrogens is 2. The van der Waals surface area contributed by atoms with Crippen LogP contribution >= 0.6 is 22.6 Å². The molecule has 1 unspecified atom stereocenters. The quantitative estimate of drug-likeness (QED) is 0.375. The second kappa shape index (κ2) is 8.21. The number of nitrogens with one attached hydrogen (secondary N) is 2. The van der Waals surface area contributed by atoms with Crippen LogP contribution in [-0.2, 0) is 11.2 Å². The lowest BCUT2D eigenvalue weighted by atomic mass is 10.0. The first kappa shape index (κ1) is 20.2. The molecule has 0 saturated heterocycles. The Hall–Kier alpha value is -2.56. The van der Waals surface area contributed by atoms with Crippen molar-refractivity contribution in [1.29, 1.82) is 0 Å². The van der Waals surface area contributed by atoms with Crippen LogP contribution in [0.3, 0.4) is 0 Å². The fourth-order valence-electron chi connectivity index (χ4n) is 3.15. The van der Waals surface area contributed by atoms with E-state index in [4.69, 9.17) is 5.11 Å². The molecule has 0 bridgehead atoms. The van der Waals surface area contributed by atoms with Gasteiger partial charge in [-0.05, 0) is 46.2 Å². The van der Waals surface area contributed by atoms with Crippen molar-refractivity contribution < 1.29 is 15.0 Å². The highest BCUT2D eigenvalue weighted by Gasteiger charge is 2.27. The average molecular weight is 496 g/mol. The fourth-order valence-corrected chi connectivity index (χ4v) is 3.51. The van der Waals surface area contributed by atoms with Crippen LogP contribution in [-0.4, -0.2) is 35.7 Å². The van der Waals surface area contributed by atoms with Gasteiger partial charge in [0.2, 0.25) is 5.88 Å². The molecule has 3 rings (SSSR count). The monoisotopic (exact) mass is 496 g/mol. The summed E-state index contributed by atoms with van der Waals surface area (Å²) in [6.45, 7) is 3.85. The molecule has 2 aromatic heterocycles. The Morgan fingerprint density at radius 3 is 2.54 bits per heavy atom. The minimum atomic E-state index is -0.999. The van der Waals surface area contributed by atoms with Gasteiger partial charge in [-0.25, -0.2) is 9.78 Å². The number of aromatic amines is 2. The largest absolute Gasteiger partial charge is 0.493 e. The van der Waals surface area contributed by atoms with E-state index in [9.17, 15) is 14.7 Å². The Morgan fingerprint density at radius 2 is 1.93 bits per heavy atom.